The van der Waals surface area contributed by atoms with Gasteiger partial charge in [-0.2, -0.15) is 0 Å². The average molecular weight is 538 g/mol. The lowest BCUT2D eigenvalue weighted by Gasteiger charge is -2.33. The first-order valence-electron chi connectivity index (χ1n) is 11.6. The van der Waals surface area contributed by atoms with Crippen LogP contribution in [0.5, 0.6) is 11.5 Å². The van der Waals surface area contributed by atoms with Gasteiger partial charge in [-0.25, -0.2) is 8.42 Å². The Balaban J connectivity index is 1.96. The molecule has 1 heterocycles. The highest BCUT2D eigenvalue weighted by Crippen LogP contribution is 2.36. The molecule has 36 heavy (non-hydrogen) atoms. The van der Waals surface area contributed by atoms with Crippen molar-refractivity contribution in [3.05, 3.63) is 53.1 Å². The van der Waals surface area contributed by atoms with Gasteiger partial charge in [-0.05, 0) is 58.4 Å². The zero-order chi connectivity index (χ0) is 26.7. The number of ether oxygens (including phenoxy) is 2. The fourth-order valence-electron chi connectivity index (χ4n) is 3.63. The monoisotopic (exact) mass is 537 g/mol. The molecule has 0 aromatic heterocycles. The molecular weight excluding hydrogens is 506 g/mol. The maximum Gasteiger partial charge on any atom is 0.244 e. The molecule has 0 bridgehead atoms. The molecule has 9 nitrogen and oxygen atoms in total. The Hall–Kier alpha value is -2.98. The molecule has 0 aliphatic carbocycles. The molecule has 0 radical (unpaired) electrons. The molecule has 1 aliphatic heterocycles. The number of amides is 2. The number of hydrogen-bond donors (Lipinski definition) is 1. The highest BCUT2D eigenvalue weighted by atomic mass is 35.5. The smallest absolute Gasteiger partial charge is 0.244 e. The normalized spacial score (nSPS) is 13.7. The molecule has 1 aliphatic rings. The van der Waals surface area contributed by atoms with E-state index in [0.717, 1.165) is 4.31 Å². The third kappa shape index (κ3) is 6.61. The van der Waals surface area contributed by atoms with Crippen molar-refractivity contribution in [3.8, 4) is 11.5 Å². The van der Waals surface area contributed by atoms with E-state index in [4.69, 9.17) is 21.1 Å². The zero-order valence-electron chi connectivity index (χ0n) is 21.1. The summed E-state index contributed by atoms with van der Waals surface area (Å²) in [5.74, 6) is -0.259. The van der Waals surface area contributed by atoms with Crippen molar-refractivity contribution in [1.29, 1.82) is 0 Å². The number of carbonyl (C=O) groups is 2. The van der Waals surface area contributed by atoms with Crippen LogP contribution in [0.2, 0.25) is 5.02 Å². The second kappa shape index (κ2) is 11.0. The van der Waals surface area contributed by atoms with Gasteiger partial charge in [-0.15, -0.1) is 0 Å². The Morgan fingerprint density at radius 1 is 1.11 bits per heavy atom. The summed E-state index contributed by atoms with van der Waals surface area (Å²) in [6.45, 7) is 8.18. The van der Waals surface area contributed by atoms with Crippen LogP contribution in [0, 0.1) is 0 Å². The van der Waals surface area contributed by atoms with Crippen molar-refractivity contribution in [1.82, 2.24) is 10.2 Å². The number of benzene rings is 2. The molecule has 11 heteroatoms. The highest BCUT2D eigenvalue weighted by molar-refractivity contribution is 7.92. The highest BCUT2D eigenvalue weighted by Gasteiger charge is 2.33. The number of nitrogens with zero attached hydrogens (tertiary/aromatic N) is 2. The summed E-state index contributed by atoms with van der Waals surface area (Å²) >= 11 is 6.34. The number of halogens is 1. The molecule has 2 amide bonds. The number of fused-ring (bicyclic) bond motifs is 1. The van der Waals surface area contributed by atoms with Crippen molar-refractivity contribution < 1.29 is 27.5 Å². The first-order valence-corrected chi connectivity index (χ1v) is 13.6. The fourth-order valence-corrected chi connectivity index (χ4v) is 4.88. The first-order chi connectivity index (χ1) is 16.8. The zero-order valence-corrected chi connectivity index (χ0v) is 22.6. The van der Waals surface area contributed by atoms with Gasteiger partial charge in [0.15, 0.2) is 11.5 Å². The van der Waals surface area contributed by atoms with Crippen molar-refractivity contribution >= 4 is 39.1 Å². The van der Waals surface area contributed by atoms with Crippen LogP contribution in [0.1, 0.15) is 40.2 Å². The topological polar surface area (TPSA) is 105 Å². The number of rotatable bonds is 9. The van der Waals surface area contributed by atoms with Crippen molar-refractivity contribution in [3.63, 3.8) is 0 Å². The van der Waals surface area contributed by atoms with Crippen LogP contribution < -0.4 is 19.1 Å². The van der Waals surface area contributed by atoms with Gasteiger partial charge < -0.3 is 19.7 Å². The van der Waals surface area contributed by atoms with E-state index in [9.17, 15) is 18.0 Å². The molecule has 0 unspecified atom stereocenters. The summed E-state index contributed by atoms with van der Waals surface area (Å²) in [6, 6.07) is 10.8. The third-order valence-electron chi connectivity index (χ3n) is 5.59. The summed E-state index contributed by atoms with van der Waals surface area (Å²) in [7, 11) is -3.85. The maximum atomic E-state index is 13.7. The van der Waals surface area contributed by atoms with E-state index in [1.807, 2.05) is 20.8 Å². The van der Waals surface area contributed by atoms with Gasteiger partial charge in [0.25, 0.3) is 0 Å². The van der Waals surface area contributed by atoms with Crippen LogP contribution in [0.25, 0.3) is 0 Å². The summed E-state index contributed by atoms with van der Waals surface area (Å²) in [5.41, 5.74) is 0.379. The number of nitrogens with one attached hydrogen (secondary N) is 1. The standard InChI is InChI=1S/C25H32ClN3O6S/c1-6-36(32,33)29(19-11-12-21-22(13-19)35-16-34-21)15-23(30)28(14-18-9-7-8-10-20(18)26)17(2)24(31)27-25(3,4)5/h7-13,17H,6,14-16H2,1-5H3,(H,27,31)/t17-/m1/s1. The van der Waals surface area contributed by atoms with Gasteiger partial charge in [0.2, 0.25) is 28.6 Å². The van der Waals surface area contributed by atoms with Gasteiger partial charge in [0.05, 0.1) is 11.4 Å². The van der Waals surface area contributed by atoms with Gasteiger partial charge in [-0.3, -0.25) is 13.9 Å². The van der Waals surface area contributed by atoms with E-state index in [1.165, 1.54) is 17.9 Å². The fraction of sp³-hybridized carbons (Fsp3) is 0.440. The van der Waals surface area contributed by atoms with Crippen LogP contribution in [0.3, 0.4) is 0 Å². The third-order valence-corrected chi connectivity index (χ3v) is 7.70. The Kier molecular flexibility index (Phi) is 8.40. The van der Waals surface area contributed by atoms with Crippen LogP contribution >= 0.6 is 11.6 Å². The molecule has 196 valence electrons. The van der Waals surface area contributed by atoms with Gasteiger partial charge >= 0.3 is 0 Å². The minimum atomic E-state index is -3.85. The Labute approximate surface area is 217 Å². The summed E-state index contributed by atoms with van der Waals surface area (Å²) in [6.07, 6.45) is 0. The van der Waals surface area contributed by atoms with Crippen LogP contribution in [0.15, 0.2) is 42.5 Å². The van der Waals surface area contributed by atoms with Crippen LogP contribution in [0.4, 0.5) is 5.69 Å². The van der Waals surface area contributed by atoms with Gasteiger partial charge in [-0.1, -0.05) is 29.8 Å². The number of sulfonamides is 1. The van der Waals surface area contributed by atoms with E-state index in [1.54, 1.807) is 43.3 Å². The molecule has 3 rings (SSSR count). The van der Waals surface area contributed by atoms with Crippen molar-refractivity contribution in [2.24, 2.45) is 0 Å². The lowest BCUT2D eigenvalue weighted by atomic mass is 10.1. The largest absolute Gasteiger partial charge is 0.454 e. The van der Waals surface area contributed by atoms with E-state index in [-0.39, 0.29) is 30.7 Å². The Morgan fingerprint density at radius 2 is 1.78 bits per heavy atom. The summed E-state index contributed by atoms with van der Waals surface area (Å²) in [5, 5.41) is 3.32. The average Bonchev–Trinajstić information content (AvgIpc) is 3.28. The van der Waals surface area contributed by atoms with Crippen molar-refractivity contribution in [2.45, 2.75) is 52.7 Å². The van der Waals surface area contributed by atoms with Gasteiger partial charge in [0, 0.05) is 23.2 Å². The lowest BCUT2D eigenvalue weighted by Crippen LogP contribution is -2.54. The minimum Gasteiger partial charge on any atom is -0.454 e. The predicted octanol–water partition coefficient (Wildman–Crippen LogP) is 3.56. The molecule has 0 spiro atoms. The number of anilines is 1. The molecular formula is C25H32ClN3O6S. The predicted molar refractivity (Wildman–Crippen MR) is 139 cm³/mol. The summed E-state index contributed by atoms with van der Waals surface area (Å²) < 4.78 is 37.8. The second-order valence-corrected chi connectivity index (χ2v) is 12.1. The van der Waals surface area contributed by atoms with Crippen LogP contribution in [-0.4, -0.2) is 55.8 Å². The molecule has 2 aromatic carbocycles. The quantitative estimate of drug-likeness (QED) is 0.524. The molecule has 0 saturated carbocycles. The van der Waals surface area contributed by atoms with E-state index in [2.05, 4.69) is 5.32 Å². The van der Waals surface area contributed by atoms with E-state index < -0.39 is 34.1 Å². The number of carbonyl (C=O) groups excluding carboxylic acids is 2. The first kappa shape index (κ1) is 27.6. The second-order valence-electron chi connectivity index (χ2n) is 9.47. The van der Waals surface area contributed by atoms with E-state index >= 15 is 0 Å². The van der Waals surface area contributed by atoms with Gasteiger partial charge in [0.1, 0.15) is 12.6 Å². The maximum absolute atomic E-state index is 13.7. The number of hydrogen-bond acceptors (Lipinski definition) is 6. The Morgan fingerprint density at radius 3 is 2.42 bits per heavy atom. The molecule has 1 atom stereocenters. The summed E-state index contributed by atoms with van der Waals surface area (Å²) in [4.78, 5) is 28.0. The molecule has 0 fully saturated rings. The molecule has 0 saturated heterocycles. The minimum absolute atomic E-state index is 0.0262. The SMILES string of the molecule is CCS(=O)(=O)N(CC(=O)N(Cc1ccccc1Cl)[C@H](C)C(=O)NC(C)(C)C)c1ccc2c(c1)OCO2. The Bertz CT molecular complexity index is 1230. The van der Waals surface area contributed by atoms with E-state index in [0.29, 0.717) is 22.1 Å². The van der Waals surface area contributed by atoms with Crippen LogP contribution in [-0.2, 0) is 26.2 Å². The van der Waals surface area contributed by atoms with Crippen molar-refractivity contribution in [2.75, 3.05) is 23.4 Å². The lowest BCUT2D eigenvalue weighted by molar-refractivity contribution is -0.140. The molecule has 1 N–H and O–H groups in total. The molecule has 2 aromatic rings.